The zero-order valence-electron chi connectivity index (χ0n) is 11.8. The highest BCUT2D eigenvalue weighted by molar-refractivity contribution is 4.90. The third kappa shape index (κ3) is 2.60. The molecule has 3 fully saturated rings. The molecule has 2 unspecified atom stereocenters. The summed E-state index contributed by atoms with van der Waals surface area (Å²) in [6, 6.07) is 0.937. The molecule has 0 aromatic heterocycles. The lowest BCUT2D eigenvalue weighted by atomic mass is 9.78. The van der Waals surface area contributed by atoms with Crippen LogP contribution < -0.4 is 5.73 Å². The highest BCUT2D eigenvalue weighted by atomic mass is 15.2. The van der Waals surface area contributed by atoms with Crippen LogP contribution in [0.5, 0.6) is 0 Å². The van der Waals surface area contributed by atoms with E-state index in [1.54, 1.807) is 0 Å². The Balaban J connectivity index is 1.60. The SMILES string of the molecule is NCC1CCCC1CN1CCC[C@H]2CCCC[C@H]21. The quantitative estimate of drug-likeness (QED) is 0.834. The van der Waals surface area contributed by atoms with Gasteiger partial charge in [-0.25, -0.2) is 0 Å². The van der Waals surface area contributed by atoms with Crippen molar-refractivity contribution in [2.75, 3.05) is 19.6 Å². The van der Waals surface area contributed by atoms with E-state index < -0.39 is 0 Å². The van der Waals surface area contributed by atoms with Gasteiger partial charge >= 0.3 is 0 Å². The number of nitrogens with two attached hydrogens (primary N) is 1. The van der Waals surface area contributed by atoms with Crippen LogP contribution in [-0.2, 0) is 0 Å². The third-order valence-electron chi connectivity index (χ3n) is 5.95. The number of fused-ring (bicyclic) bond motifs is 1. The Bertz CT molecular complexity index is 264. The summed E-state index contributed by atoms with van der Waals surface area (Å²) in [7, 11) is 0. The highest BCUT2D eigenvalue weighted by Gasteiger charge is 2.36. The van der Waals surface area contributed by atoms with E-state index in [4.69, 9.17) is 5.73 Å². The molecule has 18 heavy (non-hydrogen) atoms. The van der Waals surface area contributed by atoms with Crippen LogP contribution >= 0.6 is 0 Å². The average molecular weight is 250 g/mol. The second-order valence-corrected chi connectivity index (χ2v) is 6.94. The van der Waals surface area contributed by atoms with Gasteiger partial charge in [0.05, 0.1) is 0 Å². The fourth-order valence-corrected chi connectivity index (χ4v) is 4.92. The zero-order valence-corrected chi connectivity index (χ0v) is 11.8. The lowest BCUT2D eigenvalue weighted by molar-refractivity contribution is 0.0433. The molecule has 0 radical (unpaired) electrons. The van der Waals surface area contributed by atoms with Gasteiger partial charge in [-0.1, -0.05) is 19.3 Å². The minimum atomic E-state index is 0.828. The monoisotopic (exact) mass is 250 g/mol. The van der Waals surface area contributed by atoms with Crippen LogP contribution in [0.25, 0.3) is 0 Å². The summed E-state index contributed by atoms with van der Waals surface area (Å²) in [5.74, 6) is 2.77. The van der Waals surface area contributed by atoms with E-state index in [0.29, 0.717) is 0 Å². The topological polar surface area (TPSA) is 29.3 Å². The minimum absolute atomic E-state index is 0.828. The Morgan fingerprint density at radius 1 is 0.833 bits per heavy atom. The summed E-state index contributed by atoms with van der Waals surface area (Å²) in [6.45, 7) is 3.66. The average Bonchev–Trinajstić information content (AvgIpc) is 2.86. The number of hydrogen-bond acceptors (Lipinski definition) is 2. The molecule has 2 heteroatoms. The van der Waals surface area contributed by atoms with Crippen LogP contribution in [0.1, 0.15) is 57.8 Å². The maximum atomic E-state index is 5.94. The summed E-state index contributed by atoms with van der Waals surface area (Å²) in [5, 5.41) is 0. The van der Waals surface area contributed by atoms with Crippen LogP contribution in [0.15, 0.2) is 0 Å². The Kier molecular flexibility index (Phi) is 4.25. The predicted octanol–water partition coefficient (Wildman–Crippen LogP) is 3.02. The molecule has 1 saturated heterocycles. The van der Waals surface area contributed by atoms with Crippen molar-refractivity contribution >= 4 is 0 Å². The molecular weight excluding hydrogens is 220 g/mol. The fourth-order valence-electron chi connectivity index (χ4n) is 4.92. The number of piperidine rings is 1. The van der Waals surface area contributed by atoms with E-state index in [9.17, 15) is 0 Å². The molecule has 0 amide bonds. The lowest BCUT2D eigenvalue weighted by Gasteiger charge is -2.45. The van der Waals surface area contributed by atoms with E-state index in [1.165, 1.54) is 70.9 Å². The van der Waals surface area contributed by atoms with Gasteiger partial charge in [0.25, 0.3) is 0 Å². The van der Waals surface area contributed by atoms with Crippen molar-refractivity contribution < 1.29 is 0 Å². The molecule has 2 saturated carbocycles. The molecule has 0 bridgehead atoms. The van der Waals surface area contributed by atoms with Gasteiger partial charge in [-0.3, -0.25) is 4.90 Å². The maximum absolute atomic E-state index is 5.94. The fraction of sp³-hybridized carbons (Fsp3) is 1.00. The number of hydrogen-bond donors (Lipinski definition) is 1. The third-order valence-corrected chi connectivity index (χ3v) is 5.95. The first-order chi connectivity index (χ1) is 8.88. The molecule has 1 aliphatic heterocycles. The molecule has 0 aromatic rings. The van der Waals surface area contributed by atoms with E-state index in [-0.39, 0.29) is 0 Å². The van der Waals surface area contributed by atoms with Gasteiger partial charge in [-0.2, -0.15) is 0 Å². The van der Waals surface area contributed by atoms with E-state index in [1.807, 2.05) is 0 Å². The second kappa shape index (κ2) is 5.92. The van der Waals surface area contributed by atoms with Gasteiger partial charge < -0.3 is 5.73 Å². The standard InChI is InChI=1S/C16H30N2/c17-11-14-6-3-7-15(14)12-18-10-4-8-13-5-1-2-9-16(13)18/h13-16H,1-12,17H2/t13-,14?,15?,16-/m1/s1. The van der Waals surface area contributed by atoms with Gasteiger partial charge in [0, 0.05) is 12.6 Å². The Morgan fingerprint density at radius 2 is 1.61 bits per heavy atom. The van der Waals surface area contributed by atoms with Gasteiger partial charge in [-0.15, -0.1) is 0 Å². The molecule has 2 nitrogen and oxygen atoms in total. The Labute approximate surface area is 112 Å². The van der Waals surface area contributed by atoms with Gasteiger partial charge in [-0.05, 0) is 69.4 Å². The largest absolute Gasteiger partial charge is 0.330 e. The van der Waals surface area contributed by atoms with Crippen LogP contribution in [-0.4, -0.2) is 30.6 Å². The van der Waals surface area contributed by atoms with Crippen LogP contribution in [0, 0.1) is 17.8 Å². The van der Waals surface area contributed by atoms with Crippen LogP contribution in [0.2, 0.25) is 0 Å². The van der Waals surface area contributed by atoms with Crippen molar-refractivity contribution in [3.05, 3.63) is 0 Å². The molecule has 3 aliphatic rings. The van der Waals surface area contributed by atoms with E-state index in [0.717, 1.165) is 30.3 Å². The normalized spacial score (nSPS) is 41.8. The smallest absolute Gasteiger partial charge is 0.0124 e. The van der Waals surface area contributed by atoms with Crippen LogP contribution in [0.3, 0.4) is 0 Å². The maximum Gasteiger partial charge on any atom is 0.0124 e. The first-order valence-electron chi connectivity index (χ1n) is 8.32. The zero-order chi connectivity index (χ0) is 12.4. The van der Waals surface area contributed by atoms with Crippen LogP contribution in [0.4, 0.5) is 0 Å². The van der Waals surface area contributed by atoms with E-state index >= 15 is 0 Å². The summed E-state index contributed by atoms with van der Waals surface area (Å²) in [5.41, 5.74) is 5.94. The number of likely N-dealkylation sites (tertiary alicyclic amines) is 1. The van der Waals surface area contributed by atoms with Crippen molar-refractivity contribution in [3.8, 4) is 0 Å². The lowest BCUT2D eigenvalue weighted by Crippen LogP contribution is -2.49. The van der Waals surface area contributed by atoms with Crippen molar-refractivity contribution in [2.45, 2.75) is 63.8 Å². The highest BCUT2D eigenvalue weighted by Crippen LogP contribution is 2.38. The summed E-state index contributed by atoms with van der Waals surface area (Å²) in [4.78, 5) is 2.87. The molecule has 4 atom stereocenters. The molecule has 0 spiro atoms. The molecule has 0 aromatic carbocycles. The van der Waals surface area contributed by atoms with Crippen molar-refractivity contribution in [1.29, 1.82) is 0 Å². The van der Waals surface area contributed by atoms with Crippen molar-refractivity contribution in [1.82, 2.24) is 4.90 Å². The molecule has 2 aliphatic carbocycles. The Morgan fingerprint density at radius 3 is 2.50 bits per heavy atom. The first-order valence-corrected chi connectivity index (χ1v) is 8.32. The molecule has 2 N–H and O–H groups in total. The van der Waals surface area contributed by atoms with Crippen molar-refractivity contribution in [2.24, 2.45) is 23.5 Å². The van der Waals surface area contributed by atoms with Crippen molar-refractivity contribution in [3.63, 3.8) is 0 Å². The summed E-state index contributed by atoms with van der Waals surface area (Å²) >= 11 is 0. The van der Waals surface area contributed by atoms with Gasteiger partial charge in [0.1, 0.15) is 0 Å². The second-order valence-electron chi connectivity index (χ2n) is 6.94. The summed E-state index contributed by atoms with van der Waals surface area (Å²) in [6.07, 6.45) is 13.2. The number of nitrogens with zero attached hydrogens (tertiary/aromatic N) is 1. The first kappa shape index (κ1) is 12.9. The molecule has 104 valence electrons. The summed E-state index contributed by atoms with van der Waals surface area (Å²) < 4.78 is 0. The van der Waals surface area contributed by atoms with Gasteiger partial charge in [0.2, 0.25) is 0 Å². The Hall–Kier alpha value is -0.0800. The molecular formula is C16H30N2. The number of rotatable bonds is 3. The van der Waals surface area contributed by atoms with E-state index in [2.05, 4.69) is 4.90 Å². The minimum Gasteiger partial charge on any atom is -0.330 e. The molecule has 1 heterocycles. The molecule has 3 rings (SSSR count). The predicted molar refractivity (Wildman–Crippen MR) is 76.4 cm³/mol. The van der Waals surface area contributed by atoms with Gasteiger partial charge in [0.15, 0.2) is 0 Å².